The number of nitrogens with zero attached hydrogens (tertiary/aromatic N) is 4. The smallest absolute Gasteiger partial charge is 0.328 e. The Hall–Kier alpha value is -2.12. The number of hydrogen-bond acceptors (Lipinski definition) is 8. The molecular weight excluding hydrogens is 272 g/mol. The number of hydrogen-bond donors (Lipinski definition) is 2. The number of rotatable bonds is 8. The number of methoxy groups -OCH3 is 1. The lowest BCUT2D eigenvalue weighted by molar-refractivity contribution is -0.141. The van der Waals surface area contributed by atoms with E-state index in [2.05, 4.69) is 30.3 Å². The van der Waals surface area contributed by atoms with Gasteiger partial charge in [-0.25, -0.2) is 4.79 Å². The van der Waals surface area contributed by atoms with Crippen LogP contribution in [-0.2, 0) is 9.53 Å². The van der Waals surface area contributed by atoms with Gasteiger partial charge in [-0.3, -0.25) is 0 Å². The van der Waals surface area contributed by atoms with E-state index >= 15 is 0 Å². The van der Waals surface area contributed by atoms with Gasteiger partial charge in [0, 0.05) is 19.6 Å². The van der Waals surface area contributed by atoms with E-state index in [1.165, 1.54) is 7.11 Å². The van der Waals surface area contributed by atoms with Crippen LogP contribution in [0.2, 0.25) is 0 Å². The summed E-state index contributed by atoms with van der Waals surface area (Å²) in [4.78, 5) is 26.5. The highest BCUT2D eigenvalue weighted by Crippen LogP contribution is 2.14. The maximum absolute atomic E-state index is 11.5. The van der Waals surface area contributed by atoms with E-state index in [9.17, 15) is 4.79 Å². The summed E-state index contributed by atoms with van der Waals surface area (Å²) in [6.07, 6.45) is 0. The molecule has 1 rings (SSSR count). The number of nitrogens with one attached hydrogen (secondary N) is 2. The normalized spacial score (nSPS) is 11.7. The fourth-order valence-corrected chi connectivity index (χ4v) is 1.74. The summed E-state index contributed by atoms with van der Waals surface area (Å²) < 4.78 is 4.68. The third-order valence-electron chi connectivity index (χ3n) is 2.91. The zero-order chi connectivity index (χ0) is 15.8. The van der Waals surface area contributed by atoms with Crippen molar-refractivity contribution in [2.24, 2.45) is 0 Å². The van der Waals surface area contributed by atoms with E-state index in [1.807, 2.05) is 25.7 Å². The molecule has 1 aromatic heterocycles. The van der Waals surface area contributed by atoms with Crippen molar-refractivity contribution < 1.29 is 9.53 Å². The minimum Gasteiger partial charge on any atom is -0.467 e. The summed E-state index contributed by atoms with van der Waals surface area (Å²) in [5.74, 6) is 1.03. The maximum Gasteiger partial charge on any atom is 0.328 e. The van der Waals surface area contributed by atoms with Gasteiger partial charge >= 0.3 is 5.97 Å². The van der Waals surface area contributed by atoms with Crippen molar-refractivity contribution in [1.29, 1.82) is 0 Å². The number of carbonyl (C=O) groups is 1. The summed E-state index contributed by atoms with van der Waals surface area (Å²) in [5.41, 5.74) is 0. The molecule has 0 aliphatic heterocycles. The molecule has 0 amide bonds. The third-order valence-corrected chi connectivity index (χ3v) is 2.91. The molecular formula is C13H24N6O2. The second-order valence-corrected chi connectivity index (χ2v) is 4.37. The molecule has 1 unspecified atom stereocenters. The van der Waals surface area contributed by atoms with Crippen molar-refractivity contribution in [2.45, 2.75) is 33.7 Å². The monoisotopic (exact) mass is 296 g/mol. The molecule has 0 saturated heterocycles. The van der Waals surface area contributed by atoms with Crippen molar-refractivity contribution in [3.05, 3.63) is 0 Å². The largest absolute Gasteiger partial charge is 0.467 e. The molecule has 21 heavy (non-hydrogen) atoms. The van der Waals surface area contributed by atoms with Crippen LogP contribution in [0.15, 0.2) is 0 Å². The van der Waals surface area contributed by atoms with Crippen LogP contribution < -0.4 is 15.5 Å². The molecule has 118 valence electrons. The number of ether oxygens (including phenoxy) is 1. The Balaban J connectivity index is 3.04. The topological polar surface area (TPSA) is 92.3 Å². The lowest BCUT2D eigenvalue weighted by Crippen LogP contribution is -2.30. The molecule has 0 fully saturated rings. The van der Waals surface area contributed by atoms with Crippen LogP contribution in [0, 0.1) is 0 Å². The van der Waals surface area contributed by atoms with E-state index < -0.39 is 6.04 Å². The number of esters is 1. The first-order valence-electron chi connectivity index (χ1n) is 7.14. The van der Waals surface area contributed by atoms with Crippen LogP contribution in [0.25, 0.3) is 0 Å². The molecule has 0 saturated carbocycles. The van der Waals surface area contributed by atoms with Crippen LogP contribution in [-0.4, -0.2) is 53.7 Å². The van der Waals surface area contributed by atoms with Crippen LogP contribution >= 0.6 is 0 Å². The minimum atomic E-state index is -0.531. The third kappa shape index (κ3) is 4.73. The number of aromatic nitrogens is 3. The Kier molecular flexibility index (Phi) is 6.64. The fourth-order valence-electron chi connectivity index (χ4n) is 1.74. The van der Waals surface area contributed by atoms with Gasteiger partial charge in [-0.15, -0.1) is 0 Å². The predicted molar refractivity (Wildman–Crippen MR) is 82.7 cm³/mol. The zero-order valence-electron chi connectivity index (χ0n) is 13.3. The van der Waals surface area contributed by atoms with Gasteiger partial charge in [0.15, 0.2) is 0 Å². The van der Waals surface area contributed by atoms with Crippen molar-refractivity contribution in [3.63, 3.8) is 0 Å². The minimum absolute atomic E-state index is 0.348. The van der Waals surface area contributed by atoms with Crippen LogP contribution in [0.3, 0.4) is 0 Å². The average Bonchev–Trinajstić information content (AvgIpc) is 2.47. The predicted octanol–water partition coefficient (Wildman–Crippen LogP) is 1.12. The molecule has 0 radical (unpaired) electrons. The van der Waals surface area contributed by atoms with Crippen molar-refractivity contribution in [1.82, 2.24) is 15.0 Å². The first-order valence-corrected chi connectivity index (χ1v) is 7.14. The van der Waals surface area contributed by atoms with Gasteiger partial charge in [0.05, 0.1) is 7.11 Å². The van der Waals surface area contributed by atoms with Crippen LogP contribution in [0.4, 0.5) is 17.8 Å². The van der Waals surface area contributed by atoms with Crippen LogP contribution in [0.5, 0.6) is 0 Å². The van der Waals surface area contributed by atoms with Crippen molar-refractivity contribution in [3.8, 4) is 0 Å². The highest BCUT2D eigenvalue weighted by molar-refractivity contribution is 5.78. The van der Waals surface area contributed by atoms with E-state index in [1.54, 1.807) is 6.92 Å². The molecule has 8 nitrogen and oxygen atoms in total. The standard InChI is InChI=1S/C13H24N6O2/c1-6-14-11-16-12(15-9(4)10(20)21-5)18-13(17-11)19(7-2)8-3/h9H,6-8H2,1-5H3,(H2,14,15,16,17,18). The van der Waals surface area contributed by atoms with Crippen molar-refractivity contribution in [2.75, 3.05) is 42.3 Å². The number of carbonyl (C=O) groups excluding carboxylic acids is 1. The lowest BCUT2D eigenvalue weighted by Gasteiger charge is -2.20. The van der Waals surface area contributed by atoms with Gasteiger partial charge in [0.2, 0.25) is 17.8 Å². The van der Waals surface area contributed by atoms with Gasteiger partial charge < -0.3 is 20.3 Å². The molecule has 0 bridgehead atoms. The Labute approximate surface area is 125 Å². The Morgan fingerprint density at radius 2 is 1.81 bits per heavy atom. The van der Waals surface area contributed by atoms with E-state index in [4.69, 9.17) is 0 Å². The number of anilines is 3. The molecule has 8 heteroatoms. The first kappa shape index (κ1) is 16.9. The molecule has 2 N–H and O–H groups in total. The molecule has 1 heterocycles. The Morgan fingerprint density at radius 1 is 1.19 bits per heavy atom. The van der Waals surface area contributed by atoms with E-state index in [0.717, 1.165) is 13.1 Å². The molecule has 0 aliphatic carbocycles. The summed E-state index contributed by atoms with van der Waals surface area (Å²) in [6, 6.07) is -0.531. The highest BCUT2D eigenvalue weighted by atomic mass is 16.5. The molecule has 0 aliphatic rings. The summed E-state index contributed by atoms with van der Waals surface area (Å²) in [5, 5.41) is 5.99. The maximum atomic E-state index is 11.5. The van der Waals surface area contributed by atoms with E-state index in [-0.39, 0.29) is 5.97 Å². The summed E-state index contributed by atoms with van der Waals surface area (Å²) >= 11 is 0. The quantitative estimate of drug-likeness (QED) is 0.690. The van der Waals surface area contributed by atoms with Crippen molar-refractivity contribution >= 4 is 23.8 Å². The zero-order valence-corrected chi connectivity index (χ0v) is 13.3. The van der Waals surface area contributed by atoms with Gasteiger partial charge in [-0.2, -0.15) is 15.0 Å². The Bertz CT molecular complexity index is 464. The second kappa shape index (κ2) is 8.23. The van der Waals surface area contributed by atoms with Gasteiger partial charge in [0.25, 0.3) is 0 Å². The van der Waals surface area contributed by atoms with Gasteiger partial charge in [0.1, 0.15) is 6.04 Å². The first-order chi connectivity index (χ1) is 10.0. The van der Waals surface area contributed by atoms with E-state index in [0.29, 0.717) is 24.4 Å². The lowest BCUT2D eigenvalue weighted by atomic mass is 10.3. The Morgan fingerprint density at radius 3 is 2.33 bits per heavy atom. The van der Waals surface area contributed by atoms with Gasteiger partial charge in [-0.1, -0.05) is 0 Å². The van der Waals surface area contributed by atoms with Gasteiger partial charge in [-0.05, 0) is 27.7 Å². The highest BCUT2D eigenvalue weighted by Gasteiger charge is 2.16. The molecule has 0 aromatic carbocycles. The van der Waals surface area contributed by atoms with Crippen LogP contribution in [0.1, 0.15) is 27.7 Å². The summed E-state index contributed by atoms with van der Waals surface area (Å²) in [6.45, 7) is 10.0. The average molecular weight is 296 g/mol. The second-order valence-electron chi connectivity index (χ2n) is 4.37. The fraction of sp³-hybridized carbons (Fsp3) is 0.692. The SMILES string of the molecule is CCNc1nc(NC(C)C(=O)OC)nc(N(CC)CC)n1. The molecule has 1 aromatic rings. The molecule has 0 spiro atoms. The summed E-state index contributed by atoms with van der Waals surface area (Å²) in [7, 11) is 1.35. The molecule has 1 atom stereocenters.